The van der Waals surface area contributed by atoms with Crippen LogP contribution in [0.3, 0.4) is 0 Å². The van der Waals surface area contributed by atoms with Gasteiger partial charge in [-0.15, -0.1) is 0 Å². The average molecular weight is 209 g/mol. The zero-order valence-electron chi connectivity index (χ0n) is 8.66. The first-order valence-corrected chi connectivity index (χ1v) is 5.64. The number of nitrogens with zero attached hydrogens (tertiary/aromatic N) is 1. The van der Waals surface area contributed by atoms with E-state index in [1.807, 2.05) is 0 Å². The van der Waals surface area contributed by atoms with E-state index in [1.54, 1.807) is 20.8 Å². The second kappa shape index (κ2) is 4.36. The van der Waals surface area contributed by atoms with Gasteiger partial charge >= 0.3 is 0 Å². The molecule has 80 valence electrons. The van der Waals surface area contributed by atoms with Crippen LogP contribution in [0.15, 0.2) is 0 Å². The predicted octanol–water partition coefficient (Wildman–Crippen LogP) is -0.490. The molecule has 0 radical (unpaired) electrons. The number of hydrogen-bond acceptors (Lipinski definition) is 3. The number of nitrogens with one attached hydrogen (secondary N) is 1. The molecule has 0 aliphatic rings. The van der Waals surface area contributed by atoms with Gasteiger partial charge in [-0.1, -0.05) is 6.92 Å². The number of nitrogens with two attached hydrogens (primary N) is 1. The Kier molecular flexibility index (Phi) is 4.31. The molecule has 0 unspecified atom stereocenters. The molecule has 0 fully saturated rings. The van der Waals surface area contributed by atoms with Crippen LogP contribution in [0, 0.1) is 0 Å². The van der Waals surface area contributed by atoms with Gasteiger partial charge in [-0.05, 0) is 13.8 Å². The fourth-order valence-electron chi connectivity index (χ4n) is 0.639. The van der Waals surface area contributed by atoms with Crippen LogP contribution in [-0.2, 0) is 10.2 Å². The lowest BCUT2D eigenvalue weighted by Gasteiger charge is -2.26. The average Bonchev–Trinajstić information content (AvgIpc) is 2.01. The van der Waals surface area contributed by atoms with E-state index < -0.39 is 15.7 Å². The highest BCUT2D eigenvalue weighted by Crippen LogP contribution is 2.03. The summed E-state index contributed by atoms with van der Waals surface area (Å²) in [4.78, 5) is 0. The van der Waals surface area contributed by atoms with E-state index in [-0.39, 0.29) is 6.54 Å². The molecule has 0 rings (SSSR count). The first kappa shape index (κ1) is 12.8. The quantitative estimate of drug-likeness (QED) is 0.641. The van der Waals surface area contributed by atoms with Gasteiger partial charge in [0.2, 0.25) is 0 Å². The molecule has 0 saturated carbocycles. The zero-order valence-corrected chi connectivity index (χ0v) is 9.48. The maximum atomic E-state index is 11.5. The first-order chi connectivity index (χ1) is 5.75. The summed E-state index contributed by atoms with van der Waals surface area (Å²) in [5.74, 6) is 0. The third-order valence-electron chi connectivity index (χ3n) is 1.77. The number of hydrogen-bond donors (Lipinski definition) is 2. The van der Waals surface area contributed by atoms with Crippen molar-refractivity contribution in [3.05, 3.63) is 0 Å². The van der Waals surface area contributed by atoms with E-state index in [0.29, 0.717) is 6.54 Å². The van der Waals surface area contributed by atoms with Crippen molar-refractivity contribution in [2.24, 2.45) is 5.73 Å². The Morgan fingerprint density at radius 2 is 1.92 bits per heavy atom. The smallest absolute Gasteiger partial charge is 0.279 e. The van der Waals surface area contributed by atoms with Crippen molar-refractivity contribution in [3.63, 3.8) is 0 Å². The van der Waals surface area contributed by atoms with E-state index in [9.17, 15) is 8.42 Å². The van der Waals surface area contributed by atoms with E-state index in [2.05, 4.69) is 4.72 Å². The summed E-state index contributed by atoms with van der Waals surface area (Å²) < 4.78 is 26.7. The molecular formula is C7H19N3O2S. The summed E-state index contributed by atoms with van der Waals surface area (Å²) in [5.41, 5.74) is 4.81. The summed E-state index contributed by atoms with van der Waals surface area (Å²) in [6, 6.07) is 0. The van der Waals surface area contributed by atoms with Crippen molar-refractivity contribution in [3.8, 4) is 0 Å². The lowest BCUT2D eigenvalue weighted by Crippen LogP contribution is -2.52. The third kappa shape index (κ3) is 4.04. The molecule has 6 heteroatoms. The van der Waals surface area contributed by atoms with Crippen LogP contribution < -0.4 is 10.5 Å². The largest absolute Gasteiger partial charge is 0.329 e. The molecule has 0 aliphatic carbocycles. The van der Waals surface area contributed by atoms with Crippen LogP contribution in [-0.4, -0.2) is 38.4 Å². The van der Waals surface area contributed by atoms with Gasteiger partial charge in [-0.3, -0.25) is 0 Å². The van der Waals surface area contributed by atoms with Gasteiger partial charge in [-0.25, -0.2) is 0 Å². The molecule has 0 aliphatic heterocycles. The number of rotatable bonds is 5. The highest BCUT2D eigenvalue weighted by atomic mass is 32.2. The Balaban J connectivity index is 4.52. The van der Waals surface area contributed by atoms with Gasteiger partial charge in [0.15, 0.2) is 0 Å². The Hall–Kier alpha value is -0.170. The molecule has 13 heavy (non-hydrogen) atoms. The van der Waals surface area contributed by atoms with Crippen molar-refractivity contribution in [1.29, 1.82) is 0 Å². The van der Waals surface area contributed by atoms with E-state index in [0.717, 1.165) is 0 Å². The highest BCUT2D eigenvalue weighted by Gasteiger charge is 2.25. The van der Waals surface area contributed by atoms with Gasteiger partial charge in [0.1, 0.15) is 0 Å². The van der Waals surface area contributed by atoms with Crippen LogP contribution in [0.4, 0.5) is 0 Å². The molecule has 0 saturated heterocycles. The van der Waals surface area contributed by atoms with Gasteiger partial charge in [-0.2, -0.15) is 17.4 Å². The van der Waals surface area contributed by atoms with E-state index >= 15 is 0 Å². The molecular weight excluding hydrogens is 190 g/mol. The van der Waals surface area contributed by atoms with Crippen molar-refractivity contribution in [1.82, 2.24) is 9.03 Å². The van der Waals surface area contributed by atoms with Crippen LogP contribution in [0.25, 0.3) is 0 Å². The van der Waals surface area contributed by atoms with Gasteiger partial charge < -0.3 is 5.73 Å². The summed E-state index contributed by atoms with van der Waals surface area (Å²) in [7, 11) is -1.85. The van der Waals surface area contributed by atoms with Crippen molar-refractivity contribution in [2.75, 3.05) is 20.1 Å². The fourth-order valence-corrected chi connectivity index (χ4v) is 1.92. The normalized spacial score (nSPS) is 13.7. The summed E-state index contributed by atoms with van der Waals surface area (Å²) in [5, 5.41) is 0. The molecule has 0 aromatic rings. The molecule has 0 spiro atoms. The summed E-state index contributed by atoms with van der Waals surface area (Å²) in [6.07, 6.45) is 0. The minimum atomic E-state index is -3.38. The highest BCUT2D eigenvalue weighted by molar-refractivity contribution is 7.87. The molecule has 0 amide bonds. The van der Waals surface area contributed by atoms with Crippen molar-refractivity contribution < 1.29 is 8.42 Å². The maximum Gasteiger partial charge on any atom is 0.279 e. The topological polar surface area (TPSA) is 75.4 Å². The SMILES string of the molecule is CCN(C)S(=O)(=O)NC(C)(C)CN. The van der Waals surface area contributed by atoms with Crippen LogP contribution >= 0.6 is 0 Å². The minimum absolute atomic E-state index is 0.268. The molecule has 0 aromatic carbocycles. The van der Waals surface area contributed by atoms with E-state index in [4.69, 9.17) is 5.73 Å². The zero-order chi connectivity index (χ0) is 10.7. The predicted molar refractivity (Wildman–Crippen MR) is 53.5 cm³/mol. The molecule has 5 nitrogen and oxygen atoms in total. The minimum Gasteiger partial charge on any atom is -0.329 e. The standard InChI is InChI=1S/C7H19N3O2S/c1-5-10(4)13(11,12)9-7(2,3)6-8/h9H,5-6,8H2,1-4H3. The Morgan fingerprint density at radius 3 is 2.23 bits per heavy atom. The van der Waals surface area contributed by atoms with Crippen molar-refractivity contribution in [2.45, 2.75) is 26.3 Å². The lowest BCUT2D eigenvalue weighted by atomic mass is 10.1. The first-order valence-electron chi connectivity index (χ1n) is 4.20. The van der Waals surface area contributed by atoms with Gasteiger partial charge in [0.05, 0.1) is 0 Å². The second-order valence-electron chi connectivity index (χ2n) is 3.61. The summed E-state index contributed by atoms with van der Waals surface area (Å²) >= 11 is 0. The molecule has 3 N–H and O–H groups in total. The Labute approximate surface area is 80.5 Å². The second-order valence-corrected chi connectivity index (χ2v) is 5.39. The Morgan fingerprint density at radius 1 is 1.46 bits per heavy atom. The van der Waals surface area contributed by atoms with Gasteiger partial charge in [0, 0.05) is 25.7 Å². The van der Waals surface area contributed by atoms with Crippen LogP contribution in [0.5, 0.6) is 0 Å². The van der Waals surface area contributed by atoms with Crippen LogP contribution in [0.1, 0.15) is 20.8 Å². The van der Waals surface area contributed by atoms with Gasteiger partial charge in [0.25, 0.3) is 10.2 Å². The van der Waals surface area contributed by atoms with E-state index in [1.165, 1.54) is 11.4 Å². The monoisotopic (exact) mass is 209 g/mol. The molecule has 0 heterocycles. The molecule has 0 aromatic heterocycles. The summed E-state index contributed by atoms with van der Waals surface area (Å²) in [6.45, 7) is 5.97. The lowest BCUT2D eigenvalue weighted by molar-refractivity contribution is 0.419. The maximum absolute atomic E-state index is 11.5. The Bertz CT molecular complexity index is 248. The van der Waals surface area contributed by atoms with Crippen molar-refractivity contribution >= 4 is 10.2 Å². The molecule has 0 atom stereocenters. The fraction of sp³-hybridized carbons (Fsp3) is 1.00. The van der Waals surface area contributed by atoms with Crippen LogP contribution in [0.2, 0.25) is 0 Å². The molecule has 0 bridgehead atoms. The third-order valence-corrected chi connectivity index (χ3v) is 3.66.